The third kappa shape index (κ3) is 6.62. The average molecular weight is 297 g/mol. The second-order valence-corrected chi connectivity index (χ2v) is 5.04. The highest BCUT2D eigenvalue weighted by Crippen LogP contribution is 2.10. The van der Waals surface area contributed by atoms with E-state index in [1.54, 1.807) is 24.3 Å². The van der Waals surface area contributed by atoms with Crippen LogP contribution in [0.15, 0.2) is 59.7 Å². The summed E-state index contributed by atoms with van der Waals surface area (Å²) >= 11 is 0. The quantitative estimate of drug-likeness (QED) is 0.381. The van der Waals surface area contributed by atoms with Crippen LogP contribution < -0.4 is 17.2 Å². The van der Waals surface area contributed by atoms with Crippen LogP contribution in [0.2, 0.25) is 0 Å². The normalized spacial score (nSPS) is 12.3. The molecule has 0 fully saturated rings. The maximum absolute atomic E-state index is 10.6. The molecule has 0 atom stereocenters. The van der Waals surface area contributed by atoms with Crippen molar-refractivity contribution >= 4 is 21.5 Å². The molecule has 0 aliphatic carbocycles. The van der Waals surface area contributed by atoms with Gasteiger partial charge in [-0.2, -0.15) is 8.42 Å². The smallest absolute Gasteiger partial charge is 0.296 e. The van der Waals surface area contributed by atoms with Crippen molar-refractivity contribution in [2.24, 2.45) is 5.73 Å². The zero-order valence-corrected chi connectivity index (χ0v) is 12.0. The van der Waals surface area contributed by atoms with Gasteiger partial charge in [-0.15, -0.1) is 0 Å². The van der Waals surface area contributed by atoms with Gasteiger partial charge in [-0.05, 0) is 37.3 Å². The Kier molecular flexibility index (Phi) is 7.12. The zero-order chi connectivity index (χ0) is 15.8. The van der Waals surface area contributed by atoms with Gasteiger partial charge in [0, 0.05) is 11.4 Å². The van der Waals surface area contributed by atoms with E-state index >= 15 is 0 Å². The Bertz CT molecular complexity index is 581. The van der Waals surface area contributed by atoms with Gasteiger partial charge in [-0.3, -0.25) is 4.55 Å². The van der Waals surface area contributed by atoms with Crippen molar-refractivity contribution in [2.45, 2.75) is 6.92 Å². The Labute approximate surface area is 119 Å². The van der Waals surface area contributed by atoms with E-state index in [9.17, 15) is 8.42 Å². The van der Waals surface area contributed by atoms with E-state index in [1.165, 1.54) is 25.2 Å². The number of nitrogens with two attached hydrogens (primary N) is 3. The molecule has 110 valence electrons. The van der Waals surface area contributed by atoms with E-state index in [4.69, 9.17) is 21.8 Å². The molecule has 0 unspecified atom stereocenters. The van der Waals surface area contributed by atoms with Crippen molar-refractivity contribution < 1.29 is 13.0 Å². The first-order valence-corrected chi connectivity index (χ1v) is 6.99. The maximum Gasteiger partial charge on any atom is 0.296 e. The summed E-state index contributed by atoms with van der Waals surface area (Å²) in [5.74, 6) is 0. The second kappa shape index (κ2) is 8.03. The van der Waals surface area contributed by atoms with Crippen LogP contribution in [0.25, 0.3) is 0 Å². The fourth-order valence-electron chi connectivity index (χ4n) is 1.17. The molecule has 1 aromatic rings. The molecule has 0 saturated heterocycles. The summed E-state index contributed by atoms with van der Waals surface area (Å²) in [4.78, 5) is -0.303. The molecule has 1 rings (SSSR count). The Morgan fingerprint density at radius 2 is 1.60 bits per heavy atom. The molecule has 0 aromatic heterocycles. The summed E-state index contributed by atoms with van der Waals surface area (Å²) in [5.41, 5.74) is 17.5. The number of rotatable bonds is 3. The molecule has 6 nitrogen and oxygen atoms in total. The largest absolute Gasteiger partial charge is 0.399 e. The summed E-state index contributed by atoms with van der Waals surface area (Å²) in [5, 5.41) is 0. The first-order chi connectivity index (χ1) is 9.22. The minimum atomic E-state index is -4.22. The van der Waals surface area contributed by atoms with Crippen molar-refractivity contribution in [1.29, 1.82) is 0 Å². The Morgan fingerprint density at radius 1 is 1.20 bits per heavy atom. The lowest BCUT2D eigenvalue weighted by Gasteiger charge is -2.01. The lowest BCUT2D eigenvalue weighted by atomic mass is 10.3. The van der Waals surface area contributed by atoms with Gasteiger partial charge in [0.05, 0.1) is 5.70 Å². The van der Waals surface area contributed by atoms with E-state index in [-0.39, 0.29) is 10.6 Å². The molecule has 0 spiro atoms. The Balaban J connectivity index is 0.000000388. The minimum Gasteiger partial charge on any atom is -0.399 e. The fourth-order valence-corrected chi connectivity index (χ4v) is 1.83. The van der Waals surface area contributed by atoms with E-state index in [0.29, 0.717) is 0 Å². The van der Waals surface area contributed by atoms with Gasteiger partial charge in [0.2, 0.25) is 0 Å². The number of hydrogen-bond acceptors (Lipinski definition) is 5. The molecule has 7 N–H and O–H groups in total. The van der Waals surface area contributed by atoms with Gasteiger partial charge < -0.3 is 17.2 Å². The summed E-state index contributed by atoms with van der Waals surface area (Å²) in [6.45, 7) is 4.80. The molecule has 7 heteroatoms. The standard InChI is InChI=1S/C7H11NO3S.C6H8N2/c1-3-5-6(8)7(4-2)12(9,10)11;7-5-1-2-6(8)4-3-5/h3-5H,1,8H2,2H3,(H,9,10,11);1-4H,7-8H2/b6-5+,7-4+;. The van der Waals surface area contributed by atoms with Crippen molar-refractivity contribution in [1.82, 2.24) is 0 Å². The van der Waals surface area contributed by atoms with Crippen LogP contribution in [0, 0.1) is 0 Å². The molecule has 0 aliphatic rings. The van der Waals surface area contributed by atoms with Crippen molar-refractivity contribution in [2.75, 3.05) is 11.5 Å². The molecule has 0 bridgehead atoms. The van der Waals surface area contributed by atoms with Gasteiger partial charge in [0.25, 0.3) is 10.1 Å². The predicted octanol–water partition coefficient (Wildman–Crippen LogP) is 1.66. The molecule has 0 heterocycles. The summed E-state index contributed by atoms with van der Waals surface area (Å²) in [6, 6.07) is 7.09. The molecular formula is C13H19N3O3S. The third-order valence-electron chi connectivity index (χ3n) is 2.06. The Hall–Kier alpha value is -2.25. The second-order valence-electron chi connectivity index (χ2n) is 3.65. The average Bonchev–Trinajstić information content (AvgIpc) is 2.33. The van der Waals surface area contributed by atoms with Gasteiger partial charge in [0.1, 0.15) is 4.91 Å². The minimum absolute atomic E-state index is 0.0324. The summed E-state index contributed by atoms with van der Waals surface area (Å²) in [6.07, 6.45) is 3.85. The van der Waals surface area contributed by atoms with Crippen LogP contribution in [0.3, 0.4) is 0 Å². The number of nitrogen functional groups attached to an aromatic ring is 2. The maximum atomic E-state index is 10.6. The number of anilines is 2. The Morgan fingerprint density at radius 3 is 1.85 bits per heavy atom. The first-order valence-electron chi connectivity index (χ1n) is 5.55. The first kappa shape index (κ1) is 17.8. The monoisotopic (exact) mass is 297 g/mol. The van der Waals surface area contributed by atoms with E-state index in [0.717, 1.165) is 11.4 Å². The van der Waals surface area contributed by atoms with Crippen LogP contribution in [0.1, 0.15) is 6.92 Å². The number of hydrogen-bond donors (Lipinski definition) is 4. The predicted molar refractivity (Wildman–Crippen MR) is 83.0 cm³/mol. The van der Waals surface area contributed by atoms with Crippen molar-refractivity contribution in [3.8, 4) is 0 Å². The molecule has 1 aromatic carbocycles. The number of allylic oxidation sites excluding steroid dienone is 3. The van der Waals surface area contributed by atoms with Crippen LogP contribution in [-0.4, -0.2) is 13.0 Å². The number of benzene rings is 1. The highest BCUT2D eigenvalue weighted by atomic mass is 32.2. The van der Waals surface area contributed by atoms with Gasteiger partial charge in [-0.25, -0.2) is 0 Å². The highest BCUT2D eigenvalue weighted by molar-refractivity contribution is 7.90. The van der Waals surface area contributed by atoms with Crippen LogP contribution in [0.4, 0.5) is 11.4 Å². The molecule has 0 amide bonds. The van der Waals surface area contributed by atoms with E-state index in [2.05, 4.69) is 6.58 Å². The lowest BCUT2D eigenvalue weighted by molar-refractivity contribution is 0.491. The molecular weight excluding hydrogens is 278 g/mol. The highest BCUT2D eigenvalue weighted by Gasteiger charge is 2.14. The third-order valence-corrected chi connectivity index (χ3v) is 3.09. The van der Waals surface area contributed by atoms with Crippen LogP contribution in [-0.2, 0) is 10.1 Å². The SMILES string of the molecule is C=C/C=C(N)\C(=C/C)S(=O)(=O)O.Nc1ccc(N)cc1. The fraction of sp³-hybridized carbons (Fsp3) is 0.0769. The van der Waals surface area contributed by atoms with Crippen molar-refractivity contribution in [3.63, 3.8) is 0 Å². The van der Waals surface area contributed by atoms with Crippen LogP contribution in [0.5, 0.6) is 0 Å². The van der Waals surface area contributed by atoms with Crippen molar-refractivity contribution in [3.05, 3.63) is 59.7 Å². The molecule has 20 heavy (non-hydrogen) atoms. The summed E-state index contributed by atoms with van der Waals surface area (Å²) in [7, 11) is -4.22. The molecule has 0 radical (unpaired) electrons. The van der Waals surface area contributed by atoms with E-state index in [1.807, 2.05) is 0 Å². The zero-order valence-electron chi connectivity index (χ0n) is 11.2. The lowest BCUT2D eigenvalue weighted by Crippen LogP contribution is -2.10. The van der Waals surface area contributed by atoms with Crippen LogP contribution >= 0.6 is 0 Å². The summed E-state index contributed by atoms with van der Waals surface area (Å²) < 4.78 is 29.8. The van der Waals surface area contributed by atoms with Gasteiger partial charge in [-0.1, -0.05) is 18.7 Å². The topological polar surface area (TPSA) is 132 Å². The van der Waals surface area contributed by atoms with Gasteiger partial charge >= 0.3 is 0 Å². The molecule has 0 saturated carbocycles. The van der Waals surface area contributed by atoms with Gasteiger partial charge in [0.15, 0.2) is 0 Å². The van der Waals surface area contributed by atoms with E-state index < -0.39 is 10.1 Å². The molecule has 0 aliphatic heterocycles.